The number of carbonyl (C=O) groups is 1. The standard InChI is InChI=1S/C20H23ClN2O3S/c21-15-11-14(12-17-19(15)26-9-4-8-25-17)20(24)22-13-16(18-5-3-10-27-18)23-6-1-2-7-23/h3,5,10-12,16H,1-2,4,6-9,13H2,(H,22,24). The minimum absolute atomic E-state index is 0.145. The Labute approximate surface area is 168 Å². The highest BCUT2D eigenvalue weighted by molar-refractivity contribution is 7.10. The Hall–Kier alpha value is -1.76. The van der Waals surface area contributed by atoms with Gasteiger partial charge in [-0.3, -0.25) is 9.69 Å². The van der Waals surface area contributed by atoms with Crippen molar-refractivity contribution in [2.45, 2.75) is 25.3 Å². The van der Waals surface area contributed by atoms with Crippen molar-refractivity contribution in [1.29, 1.82) is 0 Å². The van der Waals surface area contributed by atoms with Crippen LogP contribution in [0.1, 0.15) is 40.5 Å². The number of fused-ring (bicyclic) bond motifs is 1. The van der Waals surface area contributed by atoms with Gasteiger partial charge in [0.2, 0.25) is 0 Å². The Bertz CT molecular complexity index is 791. The minimum atomic E-state index is -0.145. The van der Waals surface area contributed by atoms with Crippen LogP contribution in [0.15, 0.2) is 29.6 Å². The van der Waals surface area contributed by atoms with Gasteiger partial charge in [-0.25, -0.2) is 0 Å². The highest BCUT2D eigenvalue weighted by Gasteiger charge is 2.25. The predicted molar refractivity (Wildman–Crippen MR) is 107 cm³/mol. The van der Waals surface area contributed by atoms with Gasteiger partial charge in [-0.05, 0) is 49.5 Å². The van der Waals surface area contributed by atoms with E-state index in [4.69, 9.17) is 21.1 Å². The van der Waals surface area contributed by atoms with E-state index in [1.165, 1.54) is 17.7 Å². The maximum absolute atomic E-state index is 12.8. The molecule has 0 aliphatic carbocycles. The molecule has 0 saturated carbocycles. The van der Waals surface area contributed by atoms with Crippen LogP contribution < -0.4 is 14.8 Å². The van der Waals surface area contributed by atoms with Crippen LogP contribution in [0.2, 0.25) is 5.02 Å². The molecule has 1 N–H and O–H groups in total. The topological polar surface area (TPSA) is 50.8 Å². The van der Waals surface area contributed by atoms with Crippen LogP contribution >= 0.6 is 22.9 Å². The molecule has 1 aromatic carbocycles. The van der Waals surface area contributed by atoms with Crippen molar-refractivity contribution < 1.29 is 14.3 Å². The number of carbonyl (C=O) groups excluding carboxylic acids is 1. The summed E-state index contributed by atoms with van der Waals surface area (Å²) in [4.78, 5) is 16.5. The summed E-state index contributed by atoms with van der Waals surface area (Å²) in [5, 5.41) is 5.58. The van der Waals surface area contributed by atoms with E-state index in [0.717, 1.165) is 19.5 Å². The quantitative estimate of drug-likeness (QED) is 0.811. The van der Waals surface area contributed by atoms with Crippen LogP contribution in [-0.2, 0) is 0 Å². The number of halogens is 1. The smallest absolute Gasteiger partial charge is 0.251 e. The maximum atomic E-state index is 12.8. The lowest BCUT2D eigenvalue weighted by molar-refractivity contribution is 0.0938. The summed E-state index contributed by atoms with van der Waals surface area (Å²) in [6.45, 7) is 3.86. The van der Waals surface area contributed by atoms with E-state index in [0.29, 0.717) is 41.8 Å². The van der Waals surface area contributed by atoms with Gasteiger partial charge in [0.1, 0.15) is 0 Å². The number of rotatable bonds is 5. The molecule has 2 aliphatic heterocycles. The van der Waals surface area contributed by atoms with Crippen LogP contribution in [0.25, 0.3) is 0 Å². The largest absolute Gasteiger partial charge is 0.489 e. The first kappa shape index (κ1) is 18.6. The monoisotopic (exact) mass is 406 g/mol. The van der Waals surface area contributed by atoms with Gasteiger partial charge in [-0.2, -0.15) is 0 Å². The highest BCUT2D eigenvalue weighted by atomic mass is 35.5. The highest BCUT2D eigenvalue weighted by Crippen LogP contribution is 2.38. The van der Waals surface area contributed by atoms with Gasteiger partial charge in [0.25, 0.3) is 5.91 Å². The van der Waals surface area contributed by atoms with Crippen molar-refractivity contribution in [2.24, 2.45) is 0 Å². The minimum Gasteiger partial charge on any atom is -0.489 e. The van der Waals surface area contributed by atoms with Crippen LogP contribution in [0.4, 0.5) is 0 Å². The zero-order valence-corrected chi connectivity index (χ0v) is 16.7. The zero-order chi connectivity index (χ0) is 18.6. The number of amides is 1. The molecule has 4 rings (SSSR count). The fourth-order valence-electron chi connectivity index (χ4n) is 3.60. The molecule has 3 heterocycles. The predicted octanol–water partition coefficient (Wildman–Crippen LogP) is 4.13. The number of likely N-dealkylation sites (tertiary alicyclic amines) is 1. The van der Waals surface area contributed by atoms with E-state index in [-0.39, 0.29) is 11.9 Å². The normalized spacial score (nSPS) is 18.1. The second kappa shape index (κ2) is 8.50. The number of hydrogen-bond acceptors (Lipinski definition) is 5. The third-order valence-corrected chi connectivity index (χ3v) is 6.23. The van der Waals surface area contributed by atoms with Gasteiger partial charge in [0.05, 0.1) is 24.3 Å². The molecule has 27 heavy (non-hydrogen) atoms. The lowest BCUT2D eigenvalue weighted by Gasteiger charge is -2.27. The van der Waals surface area contributed by atoms with Gasteiger partial charge in [0.15, 0.2) is 11.5 Å². The Morgan fingerprint density at radius 1 is 1.22 bits per heavy atom. The zero-order valence-electron chi connectivity index (χ0n) is 15.1. The molecule has 0 bridgehead atoms. The summed E-state index contributed by atoms with van der Waals surface area (Å²) in [6, 6.07) is 7.80. The first-order valence-corrected chi connectivity index (χ1v) is 10.6. The van der Waals surface area contributed by atoms with Crippen molar-refractivity contribution in [2.75, 3.05) is 32.8 Å². The van der Waals surface area contributed by atoms with Gasteiger partial charge in [0, 0.05) is 23.4 Å². The van der Waals surface area contributed by atoms with Gasteiger partial charge >= 0.3 is 0 Å². The molecule has 1 fully saturated rings. The second-order valence-corrected chi connectivity index (χ2v) is 8.21. The van der Waals surface area contributed by atoms with Crippen molar-refractivity contribution in [3.63, 3.8) is 0 Å². The van der Waals surface area contributed by atoms with Gasteiger partial charge < -0.3 is 14.8 Å². The Balaban J connectivity index is 1.48. The first-order valence-electron chi connectivity index (χ1n) is 9.37. The molecular formula is C20H23ClN2O3S. The molecular weight excluding hydrogens is 384 g/mol. The van der Waals surface area contributed by atoms with Crippen LogP contribution in [0.5, 0.6) is 11.5 Å². The third-order valence-electron chi connectivity index (χ3n) is 4.97. The average molecular weight is 407 g/mol. The van der Waals surface area contributed by atoms with Gasteiger partial charge in [-0.15, -0.1) is 11.3 Å². The first-order chi connectivity index (χ1) is 13.2. The summed E-state index contributed by atoms with van der Waals surface area (Å²) in [7, 11) is 0. The van der Waals surface area contributed by atoms with Crippen LogP contribution in [0.3, 0.4) is 0 Å². The molecule has 1 saturated heterocycles. The summed E-state index contributed by atoms with van der Waals surface area (Å²) < 4.78 is 11.3. The van der Waals surface area contributed by atoms with E-state index in [1.807, 2.05) is 0 Å². The van der Waals surface area contributed by atoms with E-state index in [1.54, 1.807) is 23.5 Å². The summed E-state index contributed by atoms with van der Waals surface area (Å²) >= 11 is 8.06. The van der Waals surface area contributed by atoms with E-state index in [2.05, 4.69) is 27.7 Å². The molecule has 0 spiro atoms. The van der Waals surface area contributed by atoms with E-state index >= 15 is 0 Å². The molecule has 2 aliphatic rings. The number of thiophene rings is 1. The summed E-state index contributed by atoms with van der Waals surface area (Å²) in [6.07, 6.45) is 3.23. The van der Waals surface area contributed by atoms with Crippen molar-refractivity contribution in [3.8, 4) is 11.5 Å². The molecule has 1 amide bonds. The number of benzene rings is 1. The average Bonchev–Trinajstić information content (AvgIpc) is 3.33. The Morgan fingerprint density at radius 2 is 2.04 bits per heavy atom. The van der Waals surface area contributed by atoms with Crippen LogP contribution in [-0.4, -0.2) is 43.7 Å². The molecule has 2 aromatic rings. The second-order valence-electron chi connectivity index (χ2n) is 6.82. The summed E-state index contributed by atoms with van der Waals surface area (Å²) in [5.41, 5.74) is 0.496. The maximum Gasteiger partial charge on any atom is 0.251 e. The van der Waals surface area contributed by atoms with Crippen LogP contribution in [0, 0.1) is 0 Å². The molecule has 1 aromatic heterocycles. The number of nitrogens with one attached hydrogen (secondary N) is 1. The molecule has 0 radical (unpaired) electrons. The number of nitrogens with zero attached hydrogens (tertiary/aromatic N) is 1. The SMILES string of the molecule is O=C(NCC(c1cccs1)N1CCCC1)c1cc(Cl)c2c(c1)OCCCO2. The Morgan fingerprint density at radius 3 is 2.81 bits per heavy atom. The molecule has 1 atom stereocenters. The van der Waals surface area contributed by atoms with E-state index in [9.17, 15) is 4.79 Å². The van der Waals surface area contributed by atoms with E-state index < -0.39 is 0 Å². The number of hydrogen-bond donors (Lipinski definition) is 1. The van der Waals surface area contributed by atoms with Crippen molar-refractivity contribution in [3.05, 3.63) is 45.1 Å². The van der Waals surface area contributed by atoms with Crippen molar-refractivity contribution in [1.82, 2.24) is 10.2 Å². The van der Waals surface area contributed by atoms with Gasteiger partial charge in [-0.1, -0.05) is 17.7 Å². The Kier molecular flexibility index (Phi) is 5.86. The third kappa shape index (κ3) is 4.23. The molecule has 7 heteroatoms. The molecule has 144 valence electrons. The number of ether oxygens (including phenoxy) is 2. The fraction of sp³-hybridized carbons (Fsp3) is 0.450. The molecule has 1 unspecified atom stereocenters. The fourth-order valence-corrected chi connectivity index (χ4v) is 4.72. The lowest BCUT2D eigenvalue weighted by Crippen LogP contribution is -2.36. The van der Waals surface area contributed by atoms with Crippen molar-refractivity contribution >= 4 is 28.8 Å². The lowest BCUT2D eigenvalue weighted by atomic mass is 10.1. The summed E-state index contributed by atoms with van der Waals surface area (Å²) in [5.74, 6) is 0.923. The molecule has 5 nitrogen and oxygen atoms in total.